The molecule has 3 aromatic heterocycles. The van der Waals surface area contributed by atoms with Crippen molar-refractivity contribution >= 4 is 33.3 Å². The van der Waals surface area contributed by atoms with Crippen molar-refractivity contribution in [3.05, 3.63) is 40.9 Å². The number of nitrogens with one attached hydrogen (secondary N) is 1. The molecule has 0 saturated heterocycles. The van der Waals surface area contributed by atoms with Gasteiger partial charge in [0, 0.05) is 35.7 Å². The average molecular weight is 404 g/mol. The molecule has 0 aromatic carbocycles. The largest absolute Gasteiger partial charge is 0.460 e. The number of rotatable bonds is 5. The van der Waals surface area contributed by atoms with Crippen LogP contribution in [0.15, 0.2) is 28.3 Å². The van der Waals surface area contributed by atoms with Crippen LogP contribution in [-0.2, 0) is 24.0 Å². The highest BCUT2D eigenvalue weighted by atomic mass is 32.2. The molecule has 1 unspecified atom stereocenters. The number of anilines is 2. The summed E-state index contributed by atoms with van der Waals surface area (Å²) in [6.45, 7) is 7.17. The van der Waals surface area contributed by atoms with Crippen molar-refractivity contribution < 1.29 is 8.63 Å². The summed E-state index contributed by atoms with van der Waals surface area (Å²) >= 11 is 1.49. The molecule has 27 heavy (non-hydrogen) atoms. The van der Waals surface area contributed by atoms with E-state index in [1.54, 1.807) is 6.33 Å². The zero-order valence-corrected chi connectivity index (χ0v) is 17.1. The summed E-state index contributed by atoms with van der Waals surface area (Å²) in [5.41, 5.74) is 2.78. The SMILES string of the molecule is Cc1ccc(-c2csc(Nc3ncnc4c3CN(S(=O)C(C)C)CC4)n2)o1. The van der Waals surface area contributed by atoms with Crippen molar-refractivity contribution in [2.75, 3.05) is 11.9 Å². The van der Waals surface area contributed by atoms with Crippen LogP contribution >= 0.6 is 11.3 Å². The predicted molar refractivity (Wildman–Crippen MR) is 107 cm³/mol. The molecular formula is C18H21N5O2S2. The van der Waals surface area contributed by atoms with E-state index in [1.165, 1.54) is 11.3 Å². The Morgan fingerprint density at radius 3 is 2.93 bits per heavy atom. The predicted octanol–water partition coefficient (Wildman–Crippen LogP) is 3.68. The number of nitrogens with zero attached hydrogens (tertiary/aromatic N) is 4. The van der Waals surface area contributed by atoms with Gasteiger partial charge in [-0.05, 0) is 32.9 Å². The Morgan fingerprint density at radius 1 is 1.33 bits per heavy atom. The lowest BCUT2D eigenvalue weighted by Gasteiger charge is -2.29. The first-order valence-corrected chi connectivity index (χ1v) is 10.8. The van der Waals surface area contributed by atoms with E-state index in [0.29, 0.717) is 6.54 Å². The fourth-order valence-corrected chi connectivity index (χ4v) is 4.82. The Kier molecular flexibility index (Phi) is 5.07. The molecule has 1 aliphatic rings. The Balaban J connectivity index is 1.57. The van der Waals surface area contributed by atoms with Crippen LogP contribution in [0.1, 0.15) is 30.9 Å². The molecule has 0 spiro atoms. The van der Waals surface area contributed by atoms with Crippen LogP contribution < -0.4 is 5.32 Å². The van der Waals surface area contributed by atoms with Crippen molar-refractivity contribution in [2.24, 2.45) is 0 Å². The normalized spacial score (nSPS) is 15.7. The number of fused-ring (bicyclic) bond motifs is 1. The average Bonchev–Trinajstić information content (AvgIpc) is 3.30. The minimum atomic E-state index is -1.01. The Labute approximate surface area is 164 Å². The van der Waals surface area contributed by atoms with Gasteiger partial charge < -0.3 is 9.73 Å². The lowest BCUT2D eigenvalue weighted by Crippen LogP contribution is -2.36. The first-order valence-electron chi connectivity index (χ1n) is 8.79. The molecule has 0 bridgehead atoms. The number of furan rings is 1. The standard InChI is InChI=1S/C18H21N5O2S2/c1-11(2)27(24)23-7-6-14-13(8-23)17(20-10-19-14)22-18-21-15(9-26-18)16-5-4-12(3)25-16/h4-5,9-11H,6-8H2,1-3H3,(H,19,20,21,22). The Hall–Kier alpha value is -2.10. The van der Waals surface area contributed by atoms with E-state index in [0.717, 1.165) is 52.4 Å². The third kappa shape index (κ3) is 3.80. The second-order valence-electron chi connectivity index (χ2n) is 6.66. The molecule has 1 N–H and O–H groups in total. The van der Waals surface area contributed by atoms with E-state index < -0.39 is 11.0 Å². The minimum Gasteiger partial charge on any atom is -0.460 e. The molecule has 0 saturated carbocycles. The van der Waals surface area contributed by atoms with Crippen LogP contribution in [0.3, 0.4) is 0 Å². The topological polar surface area (TPSA) is 84.2 Å². The van der Waals surface area contributed by atoms with Gasteiger partial charge in [0.15, 0.2) is 10.9 Å². The molecule has 9 heteroatoms. The Bertz CT molecular complexity index is 982. The Morgan fingerprint density at radius 2 is 2.19 bits per heavy atom. The highest BCUT2D eigenvalue weighted by Gasteiger charge is 2.26. The molecule has 4 heterocycles. The number of thiazole rings is 1. The monoisotopic (exact) mass is 403 g/mol. The summed E-state index contributed by atoms with van der Waals surface area (Å²) in [6, 6.07) is 3.84. The van der Waals surface area contributed by atoms with Gasteiger partial charge in [0.05, 0.1) is 16.7 Å². The highest BCUT2D eigenvalue weighted by Crippen LogP contribution is 2.31. The third-order valence-corrected chi connectivity index (χ3v) is 6.73. The van der Waals surface area contributed by atoms with Crippen molar-refractivity contribution in [3.63, 3.8) is 0 Å². The van der Waals surface area contributed by atoms with Crippen molar-refractivity contribution in [1.82, 2.24) is 19.3 Å². The van der Waals surface area contributed by atoms with Gasteiger partial charge in [-0.3, -0.25) is 0 Å². The number of aromatic nitrogens is 3. The molecule has 1 aliphatic heterocycles. The molecule has 0 fully saturated rings. The quantitative estimate of drug-likeness (QED) is 0.700. The lowest BCUT2D eigenvalue weighted by atomic mass is 10.1. The van der Waals surface area contributed by atoms with E-state index in [9.17, 15) is 4.21 Å². The van der Waals surface area contributed by atoms with E-state index in [1.807, 2.05) is 42.6 Å². The molecule has 0 amide bonds. The van der Waals surface area contributed by atoms with E-state index in [-0.39, 0.29) is 5.25 Å². The van der Waals surface area contributed by atoms with Gasteiger partial charge in [-0.15, -0.1) is 11.3 Å². The number of aryl methyl sites for hydroxylation is 1. The van der Waals surface area contributed by atoms with Gasteiger partial charge in [0.2, 0.25) is 0 Å². The first-order chi connectivity index (χ1) is 13.0. The molecular weight excluding hydrogens is 382 g/mol. The van der Waals surface area contributed by atoms with Crippen LogP contribution in [0.2, 0.25) is 0 Å². The molecule has 3 aromatic rings. The molecule has 0 radical (unpaired) electrons. The molecule has 7 nitrogen and oxygen atoms in total. The van der Waals surface area contributed by atoms with Crippen molar-refractivity contribution in [1.29, 1.82) is 0 Å². The smallest absolute Gasteiger partial charge is 0.188 e. The first kappa shape index (κ1) is 18.3. The zero-order valence-electron chi connectivity index (χ0n) is 15.4. The zero-order chi connectivity index (χ0) is 19.0. The maximum absolute atomic E-state index is 12.5. The lowest BCUT2D eigenvalue weighted by molar-refractivity contribution is 0.413. The molecule has 0 aliphatic carbocycles. The second kappa shape index (κ2) is 7.49. The summed E-state index contributed by atoms with van der Waals surface area (Å²) in [5.74, 6) is 2.33. The van der Waals surface area contributed by atoms with E-state index in [4.69, 9.17) is 4.42 Å². The second-order valence-corrected chi connectivity index (χ2v) is 9.53. The number of hydrogen-bond acceptors (Lipinski definition) is 7. The van der Waals surface area contributed by atoms with Gasteiger partial charge >= 0.3 is 0 Å². The van der Waals surface area contributed by atoms with Gasteiger partial charge in [0.1, 0.15) is 23.6 Å². The summed E-state index contributed by atoms with van der Waals surface area (Å²) < 4.78 is 20.1. The fraction of sp³-hybridized carbons (Fsp3) is 0.389. The fourth-order valence-electron chi connectivity index (χ4n) is 2.99. The van der Waals surface area contributed by atoms with Crippen molar-refractivity contribution in [3.8, 4) is 11.5 Å². The van der Waals surface area contributed by atoms with E-state index >= 15 is 0 Å². The third-order valence-electron chi connectivity index (χ3n) is 4.35. The van der Waals surface area contributed by atoms with Gasteiger partial charge in [0.25, 0.3) is 0 Å². The van der Waals surface area contributed by atoms with Gasteiger partial charge in [-0.25, -0.2) is 23.5 Å². The molecule has 1 atom stereocenters. The summed E-state index contributed by atoms with van der Waals surface area (Å²) in [7, 11) is -1.01. The minimum absolute atomic E-state index is 0.0888. The van der Waals surface area contributed by atoms with Gasteiger partial charge in [-0.1, -0.05) is 0 Å². The number of hydrogen-bond donors (Lipinski definition) is 1. The van der Waals surface area contributed by atoms with Crippen LogP contribution in [0.25, 0.3) is 11.5 Å². The molecule has 142 valence electrons. The van der Waals surface area contributed by atoms with E-state index in [2.05, 4.69) is 20.3 Å². The van der Waals surface area contributed by atoms with Gasteiger partial charge in [-0.2, -0.15) is 0 Å². The van der Waals surface area contributed by atoms with Crippen molar-refractivity contribution in [2.45, 2.75) is 39.0 Å². The maximum Gasteiger partial charge on any atom is 0.188 e. The molecule has 4 rings (SSSR count). The summed E-state index contributed by atoms with van der Waals surface area (Å²) in [5, 5.41) is 6.09. The van der Waals surface area contributed by atoms with Crippen LogP contribution in [-0.4, -0.2) is 35.3 Å². The van der Waals surface area contributed by atoms with Crippen LogP contribution in [0.4, 0.5) is 10.9 Å². The summed E-state index contributed by atoms with van der Waals surface area (Å²) in [4.78, 5) is 13.4. The summed E-state index contributed by atoms with van der Waals surface area (Å²) in [6.07, 6.45) is 2.33. The highest BCUT2D eigenvalue weighted by molar-refractivity contribution is 7.83. The van der Waals surface area contributed by atoms with Crippen LogP contribution in [0.5, 0.6) is 0 Å². The maximum atomic E-state index is 12.5. The van der Waals surface area contributed by atoms with Crippen LogP contribution in [0, 0.1) is 6.92 Å².